The zero-order valence-corrected chi connectivity index (χ0v) is 7.34. The van der Waals surface area contributed by atoms with Crippen LogP contribution in [0.1, 0.15) is 12.5 Å². The van der Waals surface area contributed by atoms with Gasteiger partial charge in [-0.15, -0.1) is 12.4 Å². The zero-order chi connectivity index (χ0) is 7.40. The van der Waals surface area contributed by atoms with Crippen LogP contribution in [0.5, 0.6) is 0 Å². The fourth-order valence-electron chi connectivity index (χ4n) is 0.891. The molecule has 1 atom stereocenters. The van der Waals surface area contributed by atoms with Crippen molar-refractivity contribution in [3.63, 3.8) is 0 Å². The van der Waals surface area contributed by atoms with E-state index in [0.29, 0.717) is 0 Å². The molecule has 0 radical (unpaired) electrons. The van der Waals surface area contributed by atoms with Crippen LogP contribution in [0.3, 0.4) is 0 Å². The number of hydrogen-bond acceptors (Lipinski definition) is 2. The predicted molar refractivity (Wildman–Crippen MR) is 48.8 cm³/mol. The minimum atomic E-state index is 0. The summed E-state index contributed by atoms with van der Waals surface area (Å²) in [5, 5.41) is 0. The van der Waals surface area contributed by atoms with Crippen molar-refractivity contribution in [2.24, 2.45) is 5.73 Å². The Hall–Kier alpha value is -0.600. The first-order chi connectivity index (χ1) is 4.79. The highest BCUT2D eigenvalue weighted by Crippen LogP contribution is 1.98. The maximum atomic E-state index is 5.60. The van der Waals surface area contributed by atoms with Crippen LogP contribution in [0.4, 0.5) is 0 Å². The largest absolute Gasteiger partial charge is 0.328 e. The Morgan fingerprint density at radius 3 is 2.45 bits per heavy atom. The molecule has 2 N–H and O–H groups in total. The molecule has 0 saturated heterocycles. The zero-order valence-electron chi connectivity index (χ0n) is 6.53. The van der Waals surface area contributed by atoms with Crippen LogP contribution in [0.15, 0.2) is 24.5 Å². The molecule has 62 valence electrons. The minimum Gasteiger partial charge on any atom is -0.328 e. The lowest BCUT2D eigenvalue weighted by Crippen LogP contribution is -2.17. The van der Waals surface area contributed by atoms with Crippen molar-refractivity contribution < 1.29 is 0 Å². The van der Waals surface area contributed by atoms with Gasteiger partial charge in [-0.3, -0.25) is 4.98 Å². The molecule has 1 heterocycles. The van der Waals surface area contributed by atoms with Crippen molar-refractivity contribution in [2.75, 3.05) is 0 Å². The molecule has 1 aromatic rings. The molecule has 0 aliphatic carbocycles. The van der Waals surface area contributed by atoms with Gasteiger partial charge in [0, 0.05) is 18.4 Å². The molecule has 0 saturated carbocycles. The highest BCUT2D eigenvalue weighted by Gasteiger charge is 1.94. The molecule has 0 spiro atoms. The number of pyridine rings is 1. The van der Waals surface area contributed by atoms with E-state index in [1.165, 1.54) is 5.56 Å². The molecule has 0 aliphatic heterocycles. The summed E-state index contributed by atoms with van der Waals surface area (Å²) in [6, 6.07) is 4.22. The summed E-state index contributed by atoms with van der Waals surface area (Å²) >= 11 is 0. The third-order valence-corrected chi connectivity index (χ3v) is 1.31. The normalized spacial score (nSPS) is 11.8. The van der Waals surface area contributed by atoms with E-state index in [0.717, 1.165) is 6.42 Å². The van der Waals surface area contributed by atoms with Crippen LogP contribution >= 0.6 is 12.4 Å². The second kappa shape index (κ2) is 5.10. The van der Waals surface area contributed by atoms with Gasteiger partial charge in [-0.05, 0) is 31.0 Å². The number of rotatable bonds is 2. The van der Waals surface area contributed by atoms with Crippen LogP contribution in [0.2, 0.25) is 0 Å². The fourth-order valence-corrected chi connectivity index (χ4v) is 0.891. The summed E-state index contributed by atoms with van der Waals surface area (Å²) in [6.45, 7) is 2.00. The van der Waals surface area contributed by atoms with Gasteiger partial charge in [0.05, 0.1) is 0 Å². The molecule has 0 bridgehead atoms. The first-order valence-electron chi connectivity index (χ1n) is 3.43. The number of nitrogens with two attached hydrogens (primary N) is 1. The van der Waals surface area contributed by atoms with Gasteiger partial charge in [-0.25, -0.2) is 0 Å². The molecule has 11 heavy (non-hydrogen) atoms. The maximum Gasteiger partial charge on any atom is 0.0270 e. The lowest BCUT2D eigenvalue weighted by Gasteiger charge is -2.02. The van der Waals surface area contributed by atoms with Crippen molar-refractivity contribution in [1.82, 2.24) is 4.98 Å². The average Bonchev–Trinajstić information content (AvgIpc) is 1.88. The van der Waals surface area contributed by atoms with E-state index in [9.17, 15) is 0 Å². The van der Waals surface area contributed by atoms with Crippen molar-refractivity contribution in [3.8, 4) is 0 Å². The third-order valence-electron chi connectivity index (χ3n) is 1.31. The van der Waals surface area contributed by atoms with Crippen LogP contribution < -0.4 is 5.73 Å². The predicted octanol–water partition coefficient (Wildman–Crippen LogP) is 1.39. The SMILES string of the molecule is C[C@@H](N)Cc1ccncc1.Cl. The number of aromatic nitrogens is 1. The Labute approximate surface area is 73.2 Å². The van der Waals surface area contributed by atoms with Gasteiger partial charge in [0.15, 0.2) is 0 Å². The molecule has 0 unspecified atom stereocenters. The molecule has 1 rings (SSSR count). The van der Waals surface area contributed by atoms with Crippen LogP contribution in [0, 0.1) is 0 Å². The smallest absolute Gasteiger partial charge is 0.0270 e. The monoisotopic (exact) mass is 172 g/mol. The van der Waals surface area contributed by atoms with Crippen molar-refractivity contribution in [2.45, 2.75) is 19.4 Å². The summed E-state index contributed by atoms with van der Waals surface area (Å²) in [5.41, 5.74) is 6.86. The van der Waals surface area contributed by atoms with E-state index in [2.05, 4.69) is 4.98 Å². The van der Waals surface area contributed by atoms with Crippen LogP contribution in [-0.4, -0.2) is 11.0 Å². The average molecular weight is 173 g/mol. The Kier molecular flexibility index (Phi) is 4.83. The fraction of sp³-hybridized carbons (Fsp3) is 0.375. The van der Waals surface area contributed by atoms with E-state index < -0.39 is 0 Å². The second-order valence-corrected chi connectivity index (χ2v) is 2.54. The third kappa shape index (κ3) is 3.96. The van der Waals surface area contributed by atoms with Gasteiger partial charge < -0.3 is 5.73 Å². The van der Waals surface area contributed by atoms with Crippen molar-refractivity contribution in [3.05, 3.63) is 30.1 Å². The first kappa shape index (κ1) is 10.4. The molecular formula is C8H13ClN2. The van der Waals surface area contributed by atoms with Gasteiger partial charge >= 0.3 is 0 Å². The molecule has 0 amide bonds. The highest BCUT2D eigenvalue weighted by molar-refractivity contribution is 5.85. The highest BCUT2D eigenvalue weighted by atomic mass is 35.5. The van der Waals surface area contributed by atoms with Gasteiger partial charge in [0.1, 0.15) is 0 Å². The Morgan fingerprint density at radius 1 is 1.45 bits per heavy atom. The second-order valence-electron chi connectivity index (χ2n) is 2.54. The Morgan fingerprint density at radius 2 is 2.00 bits per heavy atom. The van der Waals surface area contributed by atoms with Crippen molar-refractivity contribution in [1.29, 1.82) is 0 Å². The van der Waals surface area contributed by atoms with Gasteiger partial charge in [-0.2, -0.15) is 0 Å². The summed E-state index contributed by atoms with van der Waals surface area (Å²) in [5.74, 6) is 0. The molecule has 0 aromatic carbocycles. The number of halogens is 1. The first-order valence-corrected chi connectivity index (χ1v) is 3.43. The van der Waals surface area contributed by atoms with Crippen LogP contribution in [-0.2, 0) is 6.42 Å². The molecule has 2 nitrogen and oxygen atoms in total. The summed E-state index contributed by atoms with van der Waals surface area (Å²) in [7, 11) is 0. The quantitative estimate of drug-likeness (QED) is 0.733. The molecule has 0 fully saturated rings. The molecule has 3 heteroatoms. The lowest BCUT2D eigenvalue weighted by molar-refractivity contribution is 0.737. The van der Waals surface area contributed by atoms with Gasteiger partial charge in [0.25, 0.3) is 0 Å². The number of hydrogen-bond donors (Lipinski definition) is 1. The number of nitrogens with zero attached hydrogens (tertiary/aromatic N) is 1. The summed E-state index contributed by atoms with van der Waals surface area (Å²) in [6.07, 6.45) is 4.51. The Balaban J connectivity index is 0.000001000. The molecular weight excluding hydrogens is 160 g/mol. The Bertz CT molecular complexity index is 187. The summed E-state index contributed by atoms with van der Waals surface area (Å²) in [4.78, 5) is 3.91. The van der Waals surface area contributed by atoms with Crippen molar-refractivity contribution >= 4 is 12.4 Å². The lowest BCUT2D eigenvalue weighted by atomic mass is 10.1. The minimum absolute atomic E-state index is 0. The van der Waals surface area contributed by atoms with Crippen LogP contribution in [0.25, 0.3) is 0 Å². The molecule has 1 aromatic heterocycles. The van der Waals surface area contributed by atoms with E-state index in [4.69, 9.17) is 5.73 Å². The maximum absolute atomic E-state index is 5.60. The summed E-state index contributed by atoms with van der Waals surface area (Å²) < 4.78 is 0. The van der Waals surface area contributed by atoms with E-state index >= 15 is 0 Å². The topological polar surface area (TPSA) is 38.9 Å². The van der Waals surface area contributed by atoms with Gasteiger partial charge in [0.2, 0.25) is 0 Å². The molecule has 0 aliphatic rings. The van der Waals surface area contributed by atoms with Gasteiger partial charge in [-0.1, -0.05) is 0 Å². The standard InChI is InChI=1S/C8H12N2.ClH/c1-7(9)6-8-2-4-10-5-3-8;/h2-5,7H,6,9H2,1H3;1H/t7-;/m1./s1. The van der Waals surface area contributed by atoms with E-state index in [-0.39, 0.29) is 18.4 Å². The van der Waals surface area contributed by atoms with E-state index in [1.54, 1.807) is 12.4 Å². The van der Waals surface area contributed by atoms with E-state index in [1.807, 2.05) is 19.1 Å².